The fourth-order valence-corrected chi connectivity index (χ4v) is 1.69. The molecular weight excluding hydrogens is 214 g/mol. The van der Waals surface area contributed by atoms with Gasteiger partial charge in [0.2, 0.25) is 0 Å². The van der Waals surface area contributed by atoms with Crippen molar-refractivity contribution in [1.29, 1.82) is 0 Å². The van der Waals surface area contributed by atoms with Crippen LogP contribution in [0.15, 0.2) is 30.3 Å². The molecule has 1 aromatic carbocycles. The highest BCUT2D eigenvalue weighted by molar-refractivity contribution is 5.66. The van der Waals surface area contributed by atoms with Crippen LogP contribution in [0.25, 0.3) is 0 Å². The molecule has 0 spiro atoms. The number of hydrogen-bond donors (Lipinski definition) is 1. The van der Waals surface area contributed by atoms with Crippen LogP contribution in [0.4, 0.5) is 0 Å². The van der Waals surface area contributed by atoms with Crippen LogP contribution >= 0.6 is 0 Å². The minimum atomic E-state index is -0.743. The van der Waals surface area contributed by atoms with Gasteiger partial charge in [-0.2, -0.15) is 0 Å². The summed E-state index contributed by atoms with van der Waals surface area (Å²) in [6, 6.07) is 10.1. The van der Waals surface area contributed by atoms with E-state index in [9.17, 15) is 4.79 Å². The number of rotatable bonds is 5. The Bertz CT molecular complexity index is 354. The van der Waals surface area contributed by atoms with Crippen LogP contribution in [0.1, 0.15) is 32.8 Å². The summed E-state index contributed by atoms with van der Waals surface area (Å²) in [6.45, 7) is 7.69. The van der Waals surface area contributed by atoms with Crippen molar-refractivity contribution in [3.63, 3.8) is 0 Å². The van der Waals surface area contributed by atoms with Gasteiger partial charge in [0, 0.05) is 18.6 Å². The summed E-state index contributed by atoms with van der Waals surface area (Å²) in [5, 5.41) is 8.77. The molecule has 17 heavy (non-hydrogen) atoms. The van der Waals surface area contributed by atoms with Gasteiger partial charge in [0.05, 0.1) is 6.42 Å². The first-order valence-corrected chi connectivity index (χ1v) is 5.90. The second kappa shape index (κ2) is 5.82. The Morgan fingerprint density at radius 1 is 1.24 bits per heavy atom. The van der Waals surface area contributed by atoms with Crippen molar-refractivity contribution >= 4 is 5.97 Å². The standard InChI is InChI=1S/C14H21NO2/c1-14(2,3)15(10-9-13(16)17)11-12-7-5-4-6-8-12/h4-8H,9-11H2,1-3H3,(H,16,17). The third kappa shape index (κ3) is 5.00. The molecule has 0 unspecified atom stereocenters. The van der Waals surface area contributed by atoms with Crippen LogP contribution in [0.2, 0.25) is 0 Å². The molecule has 0 fully saturated rings. The highest BCUT2D eigenvalue weighted by atomic mass is 16.4. The van der Waals surface area contributed by atoms with E-state index in [-0.39, 0.29) is 12.0 Å². The number of carbonyl (C=O) groups is 1. The Hall–Kier alpha value is -1.35. The Morgan fingerprint density at radius 2 is 1.82 bits per heavy atom. The zero-order chi connectivity index (χ0) is 12.9. The first-order valence-electron chi connectivity index (χ1n) is 5.90. The van der Waals surface area contributed by atoms with Gasteiger partial charge in [-0.15, -0.1) is 0 Å². The molecule has 0 atom stereocenters. The first-order chi connectivity index (χ1) is 7.89. The van der Waals surface area contributed by atoms with Crippen LogP contribution in [-0.4, -0.2) is 28.1 Å². The van der Waals surface area contributed by atoms with E-state index in [4.69, 9.17) is 5.11 Å². The van der Waals surface area contributed by atoms with Crippen molar-refractivity contribution in [1.82, 2.24) is 4.90 Å². The molecule has 0 saturated carbocycles. The molecule has 1 rings (SSSR count). The van der Waals surface area contributed by atoms with Gasteiger partial charge < -0.3 is 5.11 Å². The third-order valence-corrected chi connectivity index (χ3v) is 2.76. The second-order valence-corrected chi connectivity index (χ2v) is 5.22. The summed E-state index contributed by atoms with van der Waals surface area (Å²) in [5.41, 5.74) is 1.19. The summed E-state index contributed by atoms with van der Waals surface area (Å²) in [4.78, 5) is 12.8. The molecule has 0 aliphatic heterocycles. The molecule has 0 aliphatic carbocycles. The van der Waals surface area contributed by atoms with Gasteiger partial charge in [0.1, 0.15) is 0 Å². The Kier molecular flexibility index (Phi) is 4.70. The number of nitrogens with zero attached hydrogens (tertiary/aromatic N) is 1. The quantitative estimate of drug-likeness (QED) is 0.853. The number of aliphatic carboxylic acids is 1. The van der Waals surface area contributed by atoms with Gasteiger partial charge in [-0.3, -0.25) is 9.69 Å². The van der Waals surface area contributed by atoms with Crippen LogP contribution in [0, 0.1) is 0 Å². The number of hydrogen-bond acceptors (Lipinski definition) is 2. The Labute approximate surface area is 103 Å². The van der Waals surface area contributed by atoms with E-state index in [2.05, 4.69) is 37.8 Å². The fraction of sp³-hybridized carbons (Fsp3) is 0.500. The third-order valence-electron chi connectivity index (χ3n) is 2.76. The lowest BCUT2D eigenvalue weighted by Crippen LogP contribution is -2.41. The van der Waals surface area contributed by atoms with Crippen LogP contribution in [-0.2, 0) is 11.3 Å². The van der Waals surface area contributed by atoms with Crippen molar-refractivity contribution in [2.24, 2.45) is 0 Å². The highest BCUT2D eigenvalue weighted by Gasteiger charge is 2.21. The van der Waals surface area contributed by atoms with Crippen molar-refractivity contribution in [2.75, 3.05) is 6.54 Å². The van der Waals surface area contributed by atoms with Gasteiger partial charge in [0.25, 0.3) is 0 Å². The molecule has 0 saturated heterocycles. The number of benzene rings is 1. The summed E-state index contributed by atoms with van der Waals surface area (Å²) in [7, 11) is 0. The largest absolute Gasteiger partial charge is 0.481 e. The molecule has 0 heterocycles. The minimum Gasteiger partial charge on any atom is -0.481 e. The normalized spacial score (nSPS) is 11.8. The minimum absolute atomic E-state index is 0.0225. The molecule has 1 N–H and O–H groups in total. The molecule has 0 radical (unpaired) electrons. The molecule has 0 amide bonds. The molecule has 1 aromatic rings. The molecule has 0 aliphatic rings. The summed E-state index contributed by atoms with van der Waals surface area (Å²) in [5.74, 6) is -0.743. The zero-order valence-electron chi connectivity index (χ0n) is 10.8. The van der Waals surface area contributed by atoms with Crippen LogP contribution in [0.5, 0.6) is 0 Å². The zero-order valence-corrected chi connectivity index (χ0v) is 10.8. The maximum Gasteiger partial charge on any atom is 0.304 e. The van der Waals surface area contributed by atoms with Gasteiger partial charge in [-0.1, -0.05) is 30.3 Å². The number of carboxylic acid groups (broad SMARTS) is 1. The average Bonchev–Trinajstić information content (AvgIpc) is 2.23. The summed E-state index contributed by atoms with van der Waals surface area (Å²) >= 11 is 0. The van der Waals surface area contributed by atoms with E-state index in [1.165, 1.54) is 5.56 Å². The van der Waals surface area contributed by atoms with Gasteiger partial charge >= 0.3 is 5.97 Å². The molecular formula is C14H21NO2. The summed E-state index contributed by atoms with van der Waals surface area (Å²) < 4.78 is 0. The van der Waals surface area contributed by atoms with Gasteiger partial charge in [-0.25, -0.2) is 0 Å². The molecule has 0 aromatic heterocycles. The predicted molar refractivity (Wildman–Crippen MR) is 68.9 cm³/mol. The molecule has 3 nitrogen and oxygen atoms in total. The van der Waals surface area contributed by atoms with E-state index in [1.807, 2.05) is 18.2 Å². The SMILES string of the molecule is CC(C)(C)N(CCC(=O)O)Cc1ccccc1. The van der Waals surface area contributed by atoms with Crippen molar-refractivity contribution in [3.05, 3.63) is 35.9 Å². The monoisotopic (exact) mass is 235 g/mol. The predicted octanol–water partition coefficient (Wildman–Crippen LogP) is 2.76. The lowest BCUT2D eigenvalue weighted by Gasteiger charge is -2.35. The van der Waals surface area contributed by atoms with Crippen molar-refractivity contribution in [3.8, 4) is 0 Å². The molecule has 94 valence electrons. The van der Waals surface area contributed by atoms with Crippen LogP contribution in [0.3, 0.4) is 0 Å². The van der Waals surface area contributed by atoms with Crippen molar-refractivity contribution in [2.45, 2.75) is 39.3 Å². The molecule has 3 heteroatoms. The van der Waals surface area contributed by atoms with E-state index >= 15 is 0 Å². The average molecular weight is 235 g/mol. The lowest BCUT2D eigenvalue weighted by atomic mass is 10.0. The van der Waals surface area contributed by atoms with Gasteiger partial charge in [-0.05, 0) is 26.3 Å². The fourth-order valence-electron chi connectivity index (χ4n) is 1.69. The Morgan fingerprint density at radius 3 is 2.29 bits per heavy atom. The lowest BCUT2D eigenvalue weighted by molar-refractivity contribution is -0.137. The summed E-state index contributed by atoms with van der Waals surface area (Å²) in [6.07, 6.45) is 0.185. The Balaban J connectivity index is 2.68. The topological polar surface area (TPSA) is 40.5 Å². The maximum atomic E-state index is 10.7. The maximum absolute atomic E-state index is 10.7. The van der Waals surface area contributed by atoms with Crippen molar-refractivity contribution < 1.29 is 9.90 Å². The van der Waals surface area contributed by atoms with E-state index in [0.29, 0.717) is 6.54 Å². The van der Waals surface area contributed by atoms with E-state index in [0.717, 1.165) is 6.54 Å². The van der Waals surface area contributed by atoms with Gasteiger partial charge in [0.15, 0.2) is 0 Å². The molecule has 0 bridgehead atoms. The smallest absolute Gasteiger partial charge is 0.304 e. The first kappa shape index (κ1) is 13.7. The van der Waals surface area contributed by atoms with E-state index in [1.54, 1.807) is 0 Å². The van der Waals surface area contributed by atoms with E-state index < -0.39 is 5.97 Å². The number of carboxylic acids is 1. The highest BCUT2D eigenvalue weighted by Crippen LogP contribution is 2.17. The second-order valence-electron chi connectivity index (χ2n) is 5.22. The van der Waals surface area contributed by atoms with Crippen LogP contribution < -0.4 is 0 Å².